The zero-order valence-corrected chi connectivity index (χ0v) is 18.0. The van der Waals surface area contributed by atoms with Crippen molar-refractivity contribution in [3.05, 3.63) is 99.5 Å². The Morgan fingerprint density at radius 1 is 0.933 bits per heavy atom. The fourth-order valence-corrected chi connectivity index (χ4v) is 3.61. The minimum atomic E-state index is -0.140. The summed E-state index contributed by atoms with van der Waals surface area (Å²) < 4.78 is 5.63. The van der Waals surface area contributed by atoms with Gasteiger partial charge in [-0.2, -0.15) is 0 Å². The smallest absolute Gasteiger partial charge is 0.278 e. The van der Waals surface area contributed by atoms with Crippen LogP contribution in [0.3, 0.4) is 0 Å². The van der Waals surface area contributed by atoms with E-state index in [9.17, 15) is 4.79 Å². The van der Waals surface area contributed by atoms with Gasteiger partial charge in [-0.15, -0.1) is 0 Å². The minimum Gasteiger partial charge on any atom is -0.431 e. The Kier molecular flexibility index (Phi) is 6.33. The van der Waals surface area contributed by atoms with Crippen LogP contribution in [0.15, 0.2) is 78.3 Å². The van der Waals surface area contributed by atoms with Gasteiger partial charge in [-0.3, -0.25) is 4.79 Å². The number of halogens is 2. The summed E-state index contributed by atoms with van der Waals surface area (Å²) in [5, 5.41) is 6.39. The molecular formula is C23H16Cl2N2O2S. The zero-order valence-electron chi connectivity index (χ0n) is 15.6. The molecule has 0 saturated heterocycles. The Labute approximate surface area is 188 Å². The molecule has 30 heavy (non-hydrogen) atoms. The number of hydrogen-bond acceptors (Lipinski definition) is 4. The van der Waals surface area contributed by atoms with E-state index < -0.39 is 0 Å². The average Bonchev–Trinajstić information content (AvgIpc) is 3.28. The van der Waals surface area contributed by atoms with Crippen molar-refractivity contribution in [3.8, 4) is 22.1 Å². The first-order valence-electron chi connectivity index (χ1n) is 9.08. The van der Waals surface area contributed by atoms with Gasteiger partial charge in [0.25, 0.3) is 11.1 Å². The van der Waals surface area contributed by atoms with Gasteiger partial charge in [-0.1, -0.05) is 64.9 Å². The molecule has 0 saturated carbocycles. The van der Waals surface area contributed by atoms with Gasteiger partial charge in [0.05, 0.1) is 10.0 Å². The Balaban J connectivity index is 1.35. The first-order valence-corrected chi connectivity index (χ1v) is 10.7. The number of carbonyl (C=O) groups is 1. The number of thiazole rings is 1. The molecule has 0 radical (unpaired) electrons. The molecule has 4 aromatic rings. The third-order valence-electron chi connectivity index (χ3n) is 4.39. The van der Waals surface area contributed by atoms with E-state index in [0.717, 1.165) is 16.7 Å². The van der Waals surface area contributed by atoms with Crippen LogP contribution in [0.25, 0.3) is 11.1 Å². The number of nitrogens with one attached hydrogen (secondary N) is 1. The largest absolute Gasteiger partial charge is 0.431 e. The second-order valence-electron chi connectivity index (χ2n) is 6.43. The van der Waals surface area contributed by atoms with Crippen LogP contribution in [0.4, 0.5) is 0 Å². The molecule has 0 atom stereocenters. The van der Waals surface area contributed by atoms with Crippen LogP contribution in [-0.4, -0.2) is 10.9 Å². The maximum absolute atomic E-state index is 12.5. The lowest BCUT2D eigenvalue weighted by atomic mass is 10.0. The van der Waals surface area contributed by atoms with Gasteiger partial charge in [-0.05, 0) is 53.1 Å². The summed E-state index contributed by atoms with van der Waals surface area (Å²) in [5.74, 6) is 0.566. The molecule has 1 aromatic heterocycles. The molecular weight excluding hydrogens is 439 g/mol. The summed E-state index contributed by atoms with van der Waals surface area (Å²) in [6, 6.07) is 20.4. The van der Waals surface area contributed by atoms with Crippen molar-refractivity contribution in [2.75, 3.05) is 0 Å². The van der Waals surface area contributed by atoms with Crippen LogP contribution in [0.5, 0.6) is 10.9 Å². The third-order valence-corrected chi connectivity index (χ3v) is 5.78. The molecule has 0 aliphatic rings. The van der Waals surface area contributed by atoms with E-state index in [0.29, 0.717) is 33.1 Å². The predicted molar refractivity (Wildman–Crippen MR) is 122 cm³/mol. The number of hydrogen-bond donors (Lipinski definition) is 1. The lowest BCUT2D eigenvalue weighted by molar-refractivity contribution is 0.0951. The van der Waals surface area contributed by atoms with Gasteiger partial charge < -0.3 is 10.1 Å². The first-order chi connectivity index (χ1) is 14.6. The van der Waals surface area contributed by atoms with E-state index >= 15 is 0 Å². The lowest BCUT2D eigenvalue weighted by Crippen LogP contribution is -2.22. The average molecular weight is 455 g/mol. The maximum atomic E-state index is 12.5. The molecule has 0 fully saturated rings. The SMILES string of the molecule is O=C(NCc1ccc(Oc2nccs2)cc1)c1ccc(-c2ccc(Cl)c(Cl)c2)cc1. The maximum Gasteiger partial charge on any atom is 0.278 e. The molecule has 4 nitrogen and oxygen atoms in total. The van der Waals surface area contributed by atoms with E-state index in [1.165, 1.54) is 11.3 Å². The Morgan fingerprint density at radius 3 is 2.33 bits per heavy atom. The van der Waals surface area contributed by atoms with Crippen LogP contribution in [0, 0.1) is 0 Å². The molecule has 7 heteroatoms. The van der Waals surface area contributed by atoms with Gasteiger partial charge in [0.1, 0.15) is 5.75 Å². The standard InChI is InChI=1S/C23H16Cl2N2O2S/c24-20-10-7-18(13-21(20)25)16-3-5-17(6-4-16)22(28)27-14-15-1-8-19(9-2-15)29-23-26-11-12-30-23/h1-13H,14H2,(H,27,28). The van der Waals surface area contributed by atoms with Gasteiger partial charge in [0.2, 0.25) is 0 Å². The number of aromatic nitrogens is 1. The second kappa shape index (κ2) is 9.30. The molecule has 4 rings (SSSR count). The molecule has 150 valence electrons. The predicted octanol–water partition coefficient (Wildman–Crippen LogP) is 6.84. The van der Waals surface area contributed by atoms with Crippen molar-refractivity contribution in [2.45, 2.75) is 6.54 Å². The third kappa shape index (κ3) is 5.00. The van der Waals surface area contributed by atoms with Crippen molar-refractivity contribution < 1.29 is 9.53 Å². The molecule has 3 aromatic carbocycles. The van der Waals surface area contributed by atoms with Crippen molar-refractivity contribution >= 4 is 40.4 Å². The highest BCUT2D eigenvalue weighted by Crippen LogP contribution is 2.28. The van der Waals surface area contributed by atoms with Gasteiger partial charge >= 0.3 is 0 Å². The fraction of sp³-hybridized carbons (Fsp3) is 0.0435. The Hall–Kier alpha value is -2.86. The van der Waals surface area contributed by atoms with Gasteiger partial charge in [0.15, 0.2) is 0 Å². The van der Waals surface area contributed by atoms with Crippen LogP contribution >= 0.6 is 34.5 Å². The number of benzene rings is 3. The van der Waals surface area contributed by atoms with Crippen LogP contribution in [-0.2, 0) is 6.54 Å². The summed E-state index contributed by atoms with van der Waals surface area (Å²) in [4.78, 5) is 16.5. The van der Waals surface area contributed by atoms with Crippen molar-refractivity contribution in [3.63, 3.8) is 0 Å². The normalized spacial score (nSPS) is 10.6. The molecule has 1 heterocycles. The topological polar surface area (TPSA) is 51.2 Å². The second-order valence-corrected chi connectivity index (χ2v) is 8.10. The van der Waals surface area contributed by atoms with Crippen molar-refractivity contribution in [1.82, 2.24) is 10.3 Å². The summed E-state index contributed by atoms with van der Waals surface area (Å²) >= 11 is 13.5. The summed E-state index contributed by atoms with van der Waals surface area (Å²) in [7, 11) is 0. The number of amides is 1. The van der Waals surface area contributed by atoms with E-state index in [1.54, 1.807) is 30.5 Å². The number of carbonyl (C=O) groups excluding carboxylic acids is 1. The Bertz CT molecular complexity index is 1150. The number of nitrogens with zero attached hydrogens (tertiary/aromatic N) is 1. The molecule has 0 bridgehead atoms. The van der Waals surface area contributed by atoms with Crippen molar-refractivity contribution in [1.29, 1.82) is 0 Å². The summed E-state index contributed by atoms with van der Waals surface area (Å²) in [6.07, 6.45) is 1.70. The van der Waals surface area contributed by atoms with E-state index in [-0.39, 0.29) is 5.91 Å². The van der Waals surface area contributed by atoms with Gasteiger partial charge in [0, 0.05) is 23.7 Å². The van der Waals surface area contributed by atoms with E-state index in [4.69, 9.17) is 27.9 Å². The highest BCUT2D eigenvalue weighted by atomic mass is 35.5. The molecule has 1 N–H and O–H groups in total. The summed E-state index contributed by atoms with van der Waals surface area (Å²) in [6.45, 7) is 0.422. The number of ether oxygens (including phenoxy) is 1. The zero-order chi connectivity index (χ0) is 20.9. The number of rotatable bonds is 6. The summed E-state index contributed by atoms with van der Waals surface area (Å²) in [5.41, 5.74) is 3.46. The molecule has 0 aliphatic carbocycles. The van der Waals surface area contributed by atoms with Crippen LogP contribution < -0.4 is 10.1 Å². The molecule has 1 amide bonds. The molecule has 0 aliphatic heterocycles. The van der Waals surface area contributed by atoms with Crippen LogP contribution in [0.2, 0.25) is 10.0 Å². The highest BCUT2D eigenvalue weighted by molar-refractivity contribution is 7.11. The highest BCUT2D eigenvalue weighted by Gasteiger charge is 2.08. The molecule has 0 spiro atoms. The van der Waals surface area contributed by atoms with E-state index in [2.05, 4.69) is 10.3 Å². The lowest BCUT2D eigenvalue weighted by Gasteiger charge is -2.08. The van der Waals surface area contributed by atoms with Crippen LogP contribution in [0.1, 0.15) is 15.9 Å². The Morgan fingerprint density at radius 2 is 1.67 bits per heavy atom. The minimum absolute atomic E-state index is 0.140. The monoisotopic (exact) mass is 454 g/mol. The molecule has 0 unspecified atom stereocenters. The van der Waals surface area contributed by atoms with Crippen molar-refractivity contribution in [2.24, 2.45) is 0 Å². The van der Waals surface area contributed by atoms with Gasteiger partial charge in [-0.25, -0.2) is 4.98 Å². The quantitative estimate of drug-likeness (QED) is 0.346. The van der Waals surface area contributed by atoms with E-state index in [1.807, 2.05) is 47.8 Å². The fourth-order valence-electron chi connectivity index (χ4n) is 2.81. The first kappa shape index (κ1) is 20.4.